The van der Waals surface area contributed by atoms with Gasteiger partial charge in [-0.05, 0) is 57.9 Å². The first-order valence-electron chi connectivity index (χ1n) is 15.7. The number of amides is 3. The van der Waals surface area contributed by atoms with Crippen molar-refractivity contribution < 1.29 is 19.5 Å². The van der Waals surface area contributed by atoms with Gasteiger partial charge in [-0.1, -0.05) is 55.8 Å². The number of benzene rings is 1. The number of fused-ring (bicyclic) bond motifs is 1. The Labute approximate surface area is 256 Å². The zero-order valence-corrected chi connectivity index (χ0v) is 26.5. The van der Waals surface area contributed by atoms with Crippen LogP contribution in [0.2, 0.25) is 0 Å². The van der Waals surface area contributed by atoms with Gasteiger partial charge in [-0.3, -0.25) is 14.4 Å². The minimum Gasteiger partial charge on any atom is -0.396 e. The number of aliphatic hydroxyl groups excluding tert-OH is 1. The van der Waals surface area contributed by atoms with Crippen molar-refractivity contribution in [2.24, 2.45) is 11.8 Å². The minimum atomic E-state index is -0.641. The zero-order valence-electron chi connectivity index (χ0n) is 25.7. The van der Waals surface area contributed by atoms with Crippen LogP contribution in [0, 0.1) is 11.8 Å². The van der Waals surface area contributed by atoms with Crippen LogP contribution < -0.4 is 0 Å². The maximum Gasteiger partial charge on any atom is 0.247 e. The average molecular weight is 596 g/mol. The summed E-state index contributed by atoms with van der Waals surface area (Å²) in [5.74, 6) is -1.16. The number of rotatable bonds is 16. The molecule has 2 bridgehead atoms. The van der Waals surface area contributed by atoms with Gasteiger partial charge >= 0.3 is 0 Å². The Kier molecular flexibility index (Phi) is 10.6. The van der Waals surface area contributed by atoms with Crippen LogP contribution in [0.15, 0.2) is 55.6 Å². The van der Waals surface area contributed by atoms with Gasteiger partial charge in [-0.25, -0.2) is 0 Å². The number of unbranched alkanes of at least 4 members (excludes halogenated alkanes) is 2. The third-order valence-corrected chi connectivity index (χ3v) is 11.5. The summed E-state index contributed by atoms with van der Waals surface area (Å²) in [6.07, 6.45) is 9.02. The third-order valence-electron chi connectivity index (χ3n) is 9.56. The minimum absolute atomic E-state index is 0.0212. The van der Waals surface area contributed by atoms with Crippen molar-refractivity contribution in [2.45, 2.75) is 93.8 Å². The fourth-order valence-corrected chi connectivity index (χ4v) is 9.98. The van der Waals surface area contributed by atoms with E-state index >= 15 is 0 Å². The third kappa shape index (κ3) is 5.94. The molecule has 3 saturated heterocycles. The Morgan fingerprint density at radius 2 is 1.83 bits per heavy atom. The van der Waals surface area contributed by atoms with E-state index in [4.69, 9.17) is 0 Å². The maximum absolute atomic E-state index is 14.6. The molecule has 3 aliphatic heterocycles. The Bertz CT molecular complexity index is 1140. The van der Waals surface area contributed by atoms with E-state index in [0.717, 1.165) is 37.7 Å². The summed E-state index contributed by atoms with van der Waals surface area (Å²) in [5, 5.41) is 9.33. The second-order valence-corrected chi connectivity index (χ2v) is 14.4. The predicted octanol–water partition coefficient (Wildman–Crippen LogP) is 5.05. The Hall–Kier alpha value is -2.58. The van der Waals surface area contributed by atoms with Gasteiger partial charge in [0.1, 0.15) is 6.04 Å². The van der Waals surface area contributed by atoms with E-state index in [1.165, 1.54) is 0 Å². The van der Waals surface area contributed by atoms with Crippen LogP contribution in [0.25, 0.3) is 0 Å². The van der Waals surface area contributed by atoms with Crippen molar-refractivity contribution in [3.05, 3.63) is 61.2 Å². The second kappa shape index (κ2) is 13.8. The standard InChI is InChI=1S/C34H49N3O4S/c1-6-15-25(4)36(21-8-3)32(41)29-34-19-18-33(5,42-34)27(28(34)31(40)37(29)22-13-10-14-23-38)30(39)35(20-7-2)24-26-16-11-9-12-17-26/h7-9,11-12,16-17,25,27-29,38H,2-3,6,10,13-15,18-24H2,1,4-5H3/t25?,27-,28-,29?,33+,34?/m0/s1. The summed E-state index contributed by atoms with van der Waals surface area (Å²) in [6.45, 7) is 16.0. The van der Waals surface area contributed by atoms with Crippen molar-refractivity contribution in [3.8, 4) is 0 Å². The summed E-state index contributed by atoms with van der Waals surface area (Å²) in [7, 11) is 0. The molecule has 1 spiro atoms. The molecular formula is C34H49N3O4S. The predicted molar refractivity (Wildman–Crippen MR) is 170 cm³/mol. The number of carbonyl (C=O) groups is 3. The Morgan fingerprint density at radius 1 is 1.12 bits per heavy atom. The first kappa shape index (κ1) is 32.3. The molecule has 0 aromatic heterocycles. The van der Waals surface area contributed by atoms with E-state index in [0.29, 0.717) is 39.0 Å². The van der Waals surface area contributed by atoms with Crippen LogP contribution in [-0.4, -0.2) is 85.3 Å². The highest BCUT2D eigenvalue weighted by Crippen LogP contribution is 2.71. The molecule has 230 valence electrons. The fourth-order valence-electron chi connectivity index (χ4n) is 7.64. The molecule has 1 aromatic carbocycles. The molecular weight excluding hydrogens is 546 g/mol. The molecule has 7 nitrogen and oxygen atoms in total. The topological polar surface area (TPSA) is 81.2 Å². The smallest absolute Gasteiger partial charge is 0.247 e. The summed E-state index contributed by atoms with van der Waals surface area (Å²) < 4.78 is -1.06. The van der Waals surface area contributed by atoms with E-state index < -0.39 is 27.4 Å². The van der Waals surface area contributed by atoms with Crippen molar-refractivity contribution in [2.75, 3.05) is 26.2 Å². The highest BCUT2D eigenvalue weighted by Gasteiger charge is 2.77. The van der Waals surface area contributed by atoms with Gasteiger partial charge in [-0.2, -0.15) is 0 Å². The van der Waals surface area contributed by atoms with Crippen molar-refractivity contribution in [1.29, 1.82) is 0 Å². The Morgan fingerprint density at radius 3 is 2.48 bits per heavy atom. The van der Waals surface area contributed by atoms with E-state index in [9.17, 15) is 19.5 Å². The van der Waals surface area contributed by atoms with Gasteiger partial charge in [-0.15, -0.1) is 24.9 Å². The SMILES string of the molecule is C=CCN(Cc1ccccc1)C(=O)[C@@H]1[C@H]2C(=O)N(CCCCCO)C(C(=O)N(CC=C)C(C)CCC)C23CC[C@@]1(C)S3. The molecule has 0 radical (unpaired) electrons. The van der Waals surface area contributed by atoms with Gasteiger partial charge in [0.05, 0.1) is 16.6 Å². The van der Waals surface area contributed by atoms with Crippen LogP contribution in [0.1, 0.15) is 71.3 Å². The van der Waals surface area contributed by atoms with E-state index in [-0.39, 0.29) is 30.4 Å². The number of thioether (sulfide) groups is 1. The van der Waals surface area contributed by atoms with E-state index in [2.05, 4.69) is 33.9 Å². The average Bonchev–Trinajstić information content (AvgIpc) is 3.54. The van der Waals surface area contributed by atoms with Gasteiger partial charge in [0, 0.05) is 43.6 Å². The molecule has 3 amide bonds. The first-order chi connectivity index (χ1) is 20.2. The molecule has 8 heteroatoms. The van der Waals surface area contributed by atoms with Crippen LogP contribution in [-0.2, 0) is 20.9 Å². The number of likely N-dealkylation sites (tertiary alicyclic amines) is 1. The second-order valence-electron chi connectivity index (χ2n) is 12.5. The van der Waals surface area contributed by atoms with E-state index in [1.54, 1.807) is 23.9 Å². The summed E-state index contributed by atoms with van der Waals surface area (Å²) in [6, 6.07) is 9.32. The highest BCUT2D eigenvalue weighted by molar-refractivity contribution is 8.02. The van der Waals surface area contributed by atoms with Crippen molar-refractivity contribution in [1.82, 2.24) is 14.7 Å². The van der Waals surface area contributed by atoms with Crippen molar-refractivity contribution in [3.63, 3.8) is 0 Å². The summed E-state index contributed by atoms with van der Waals surface area (Å²) >= 11 is 1.73. The van der Waals surface area contributed by atoms with Crippen LogP contribution in [0.5, 0.6) is 0 Å². The summed E-state index contributed by atoms with van der Waals surface area (Å²) in [5.41, 5.74) is 1.03. The number of hydrogen-bond acceptors (Lipinski definition) is 5. The van der Waals surface area contributed by atoms with Gasteiger partial charge < -0.3 is 19.8 Å². The highest BCUT2D eigenvalue weighted by atomic mass is 32.2. The largest absolute Gasteiger partial charge is 0.396 e. The van der Waals surface area contributed by atoms with Gasteiger partial charge in [0.2, 0.25) is 17.7 Å². The van der Waals surface area contributed by atoms with Gasteiger partial charge in [0.15, 0.2) is 0 Å². The fraction of sp³-hybridized carbons (Fsp3) is 0.618. The molecule has 3 aliphatic rings. The molecule has 1 aromatic rings. The van der Waals surface area contributed by atoms with Crippen LogP contribution in [0.3, 0.4) is 0 Å². The lowest BCUT2D eigenvalue weighted by atomic mass is 9.66. The normalized spacial score (nSPS) is 28.4. The summed E-state index contributed by atoms with van der Waals surface area (Å²) in [4.78, 5) is 49.1. The number of hydrogen-bond donors (Lipinski definition) is 1. The molecule has 3 unspecified atom stereocenters. The molecule has 1 N–H and O–H groups in total. The van der Waals surface area contributed by atoms with Crippen LogP contribution >= 0.6 is 11.8 Å². The molecule has 3 heterocycles. The maximum atomic E-state index is 14.6. The van der Waals surface area contributed by atoms with Gasteiger partial charge in [0.25, 0.3) is 0 Å². The number of nitrogens with zero attached hydrogens (tertiary/aromatic N) is 3. The lowest BCUT2D eigenvalue weighted by molar-refractivity contribution is -0.146. The van der Waals surface area contributed by atoms with E-state index in [1.807, 2.05) is 45.0 Å². The molecule has 42 heavy (non-hydrogen) atoms. The molecule has 0 aliphatic carbocycles. The molecule has 4 rings (SSSR count). The lowest BCUT2D eigenvalue weighted by Crippen LogP contribution is -2.56. The quantitative estimate of drug-likeness (QED) is 0.214. The molecule has 3 fully saturated rings. The first-order valence-corrected chi connectivity index (χ1v) is 16.5. The zero-order chi connectivity index (χ0) is 30.5. The van der Waals surface area contributed by atoms with Crippen molar-refractivity contribution >= 4 is 29.5 Å². The number of aliphatic hydroxyl groups is 1. The monoisotopic (exact) mass is 595 g/mol. The molecule has 0 saturated carbocycles. The lowest BCUT2D eigenvalue weighted by Gasteiger charge is -2.39. The molecule has 6 atom stereocenters. The number of carbonyl (C=O) groups excluding carboxylic acids is 3. The van der Waals surface area contributed by atoms with Crippen LogP contribution in [0.4, 0.5) is 0 Å². The Balaban J connectivity index is 1.73.